The van der Waals surface area contributed by atoms with E-state index in [1.54, 1.807) is 12.1 Å². The molecule has 0 aromatic heterocycles. The lowest BCUT2D eigenvalue weighted by molar-refractivity contribution is 0.294. The van der Waals surface area contributed by atoms with E-state index in [-0.39, 0.29) is 5.82 Å². The first-order chi connectivity index (χ1) is 7.78. The SMILES string of the molecule is CCC1CCNC(Cc2ccc(F)cc2)C1. The minimum absolute atomic E-state index is 0.146. The molecule has 1 saturated heterocycles. The predicted octanol–water partition coefficient (Wildman–Crippen LogP) is 3.15. The van der Waals surface area contributed by atoms with E-state index in [4.69, 9.17) is 0 Å². The van der Waals surface area contributed by atoms with Gasteiger partial charge < -0.3 is 5.32 Å². The lowest BCUT2D eigenvalue weighted by Gasteiger charge is -2.29. The molecular formula is C14H20FN. The van der Waals surface area contributed by atoms with Crippen LogP contribution in [0.15, 0.2) is 24.3 Å². The van der Waals surface area contributed by atoms with Crippen LogP contribution in [0.5, 0.6) is 0 Å². The van der Waals surface area contributed by atoms with Gasteiger partial charge in [-0.2, -0.15) is 0 Å². The molecule has 88 valence electrons. The van der Waals surface area contributed by atoms with E-state index in [2.05, 4.69) is 12.2 Å². The van der Waals surface area contributed by atoms with Crippen molar-refractivity contribution in [2.24, 2.45) is 5.92 Å². The molecule has 1 aliphatic rings. The Morgan fingerprint density at radius 2 is 2.06 bits per heavy atom. The molecule has 0 amide bonds. The summed E-state index contributed by atoms with van der Waals surface area (Å²) >= 11 is 0. The third kappa shape index (κ3) is 3.05. The van der Waals surface area contributed by atoms with Gasteiger partial charge in [0.1, 0.15) is 5.82 Å². The van der Waals surface area contributed by atoms with Crippen LogP contribution in [0, 0.1) is 11.7 Å². The Balaban J connectivity index is 1.91. The smallest absolute Gasteiger partial charge is 0.123 e. The largest absolute Gasteiger partial charge is 0.314 e. The Kier molecular flexibility index (Phi) is 3.94. The zero-order chi connectivity index (χ0) is 11.4. The Morgan fingerprint density at radius 3 is 2.75 bits per heavy atom. The monoisotopic (exact) mass is 221 g/mol. The molecule has 2 rings (SSSR count). The van der Waals surface area contributed by atoms with Crippen LogP contribution >= 0.6 is 0 Å². The number of nitrogens with one attached hydrogen (secondary N) is 1. The van der Waals surface area contributed by atoms with E-state index >= 15 is 0 Å². The van der Waals surface area contributed by atoms with Gasteiger partial charge in [0.25, 0.3) is 0 Å². The van der Waals surface area contributed by atoms with Gasteiger partial charge in [-0.05, 0) is 49.4 Å². The minimum Gasteiger partial charge on any atom is -0.314 e. The van der Waals surface area contributed by atoms with Crippen molar-refractivity contribution in [3.05, 3.63) is 35.6 Å². The summed E-state index contributed by atoms with van der Waals surface area (Å²) in [6, 6.07) is 7.47. The van der Waals surface area contributed by atoms with Crippen molar-refractivity contribution >= 4 is 0 Å². The maximum Gasteiger partial charge on any atom is 0.123 e. The van der Waals surface area contributed by atoms with E-state index < -0.39 is 0 Å². The maximum atomic E-state index is 12.8. The Morgan fingerprint density at radius 1 is 1.31 bits per heavy atom. The van der Waals surface area contributed by atoms with Crippen molar-refractivity contribution in [2.75, 3.05) is 6.54 Å². The molecule has 16 heavy (non-hydrogen) atoms. The van der Waals surface area contributed by atoms with Crippen LogP contribution < -0.4 is 5.32 Å². The second-order valence-electron chi connectivity index (χ2n) is 4.78. The number of piperidine rings is 1. The van der Waals surface area contributed by atoms with Gasteiger partial charge in [-0.15, -0.1) is 0 Å². The highest BCUT2D eigenvalue weighted by Crippen LogP contribution is 2.21. The molecule has 1 aromatic rings. The molecule has 2 heteroatoms. The van der Waals surface area contributed by atoms with Crippen LogP contribution in [0.25, 0.3) is 0 Å². The molecule has 2 atom stereocenters. The minimum atomic E-state index is -0.146. The topological polar surface area (TPSA) is 12.0 Å². The van der Waals surface area contributed by atoms with E-state index in [1.807, 2.05) is 12.1 Å². The Labute approximate surface area is 97.1 Å². The molecule has 2 unspecified atom stereocenters. The molecule has 1 heterocycles. The molecule has 0 spiro atoms. The third-order valence-electron chi connectivity index (χ3n) is 3.58. The number of rotatable bonds is 3. The molecular weight excluding hydrogens is 201 g/mol. The van der Waals surface area contributed by atoms with Gasteiger partial charge in [-0.3, -0.25) is 0 Å². The van der Waals surface area contributed by atoms with Crippen molar-refractivity contribution in [3.8, 4) is 0 Å². The highest BCUT2D eigenvalue weighted by Gasteiger charge is 2.20. The van der Waals surface area contributed by atoms with Crippen molar-refractivity contribution < 1.29 is 4.39 Å². The summed E-state index contributed by atoms with van der Waals surface area (Å²) in [5.41, 5.74) is 1.23. The summed E-state index contributed by atoms with van der Waals surface area (Å²) in [5, 5.41) is 3.55. The van der Waals surface area contributed by atoms with Crippen LogP contribution in [0.4, 0.5) is 4.39 Å². The number of benzene rings is 1. The molecule has 1 nitrogen and oxygen atoms in total. The van der Waals surface area contributed by atoms with Crippen LogP contribution in [0.1, 0.15) is 31.7 Å². The van der Waals surface area contributed by atoms with Gasteiger partial charge in [0, 0.05) is 6.04 Å². The standard InChI is InChI=1S/C14H20FN/c1-2-11-7-8-16-14(9-11)10-12-3-5-13(15)6-4-12/h3-6,11,14,16H,2,7-10H2,1H3. The maximum absolute atomic E-state index is 12.8. The molecule has 1 N–H and O–H groups in total. The van der Waals surface area contributed by atoms with Gasteiger partial charge in [-0.1, -0.05) is 25.5 Å². The average molecular weight is 221 g/mol. The third-order valence-corrected chi connectivity index (χ3v) is 3.58. The zero-order valence-corrected chi connectivity index (χ0v) is 9.88. The fourth-order valence-electron chi connectivity index (χ4n) is 2.53. The summed E-state index contributed by atoms with van der Waals surface area (Å²) < 4.78 is 12.8. The van der Waals surface area contributed by atoms with Crippen LogP contribution in [-0.2, 0) is 6.42 Å². The van der Waals surface area contributed by atoms with Crippen molar-refractivity contribution in [3.63, 3.8) is 0 Å². The van der Waals surface area contributed by atoms with Crippen molar-refractivity contribution in [2.45, 2.75) is 38.6 Å². The summed E-state index contributed by atoms with van der Waals surface area (Å²) in [6.07, 6.45) is 4.86. The second-order valence-corrected chi connectivity index (χ2v) is 4.78. The number of hydrogen-bond acceptors (Lipinski definition) is 1. The molecule has 0 saturated carbocycles. The highest BCUT2D eigenvalue weighted by atomic mass is 19.1. The molecule has 0 radical (unpaired) electrons. The lowest BCUT2D eigenvalue weighted by atomic mass is 9.88. The van der Waals surface area contributed by atoms with Crippen LogP contribution in [0.2, 0.25) is 0 Å². The Hall–Kier alpha value is -0.890. The summed E-state index contributed by atoms with van der Waals surface area (Å²) in [5.74, 6) is 0.721. The first-order valence-corrected chi connectivity index (χ1v) is 6.25. The molecule has 0 aliphatic carbocycles. The fraction of sp³-hybridized carbons (Fsp3) is 0.571. The predicted molar refractivity (Wildman–Crippen MR) is 64.9 cm³/mol. The van der Waals surface area contributed by atoms with Gasteiger partial charge in [0.2, 0.25) is 0 Å². The van der Waals surface area contributed by atoms with Crippen molar-refractivity contribution in [1.82, 2.24) is 5.32 Å². The van der Waals surface area contributed by atoms with Crippen LogP contribution in [-0.4, -0.2) is 12.6 Å². The summed E-state index contributed by atoms with van der Waals surface area (Å²) in [4.78, 5) is 0. The molecule has 1 aromatic carbocycles. The van der Waals surface area contributed by atoms with E-state index in [1.165, 1.54) is 24.8 Å². The number of hydrogen-bond donors (Lipinski definition) is 1. The second kappa shape index (κ2) is 5.44. The average Bonchev–Trinajstić information content (AvgIpc) is 2.32. The van der Waals surface area contributed by atoms with Gasteiger partial charge >= 0.3 is 0 Å². The molecule has 1 fully saturated rings. The van der Waals surface area contributed by atoms with Gasteiger partial charge in [0.15, 0.2) is 0 Å². The molecule has 1 aliphatic heterocycles. The highest BCUT2D eigenvalue weighted by molar-refractivity contribution is 5.17. The normalized spacial score (nSPS) is 25.6. The first kappa shape index (κ1) is 11.6. The quantitative estimate of drug-likeness (QED) is 0.826. The summed E-state index contributed by atoms with van der Waals surface area (Å²) in [6.45, 7) is 3.40. The zero-order valence-electron chi connectivity index (χ0n) is 9.88. The van der Waals surface area contributed by atoms with Gasteiger partial charge in [-0.25, -0.2) is 4.39 Å². The summed E-state index contributed by atoms with van der Waals surface area (Å²) in [7, 11) is 0. The number of halogens is 1. The van der Waals surface area contributed by atoms with Gasteiger partial charge in [0.05, 0.1) is 0 Å². The Bertz CT molecular complexity index is 320. The fourth-order valence-corrected chi connectivity index (χ4v) is 2.53. The van der Waals surface area contributed by atoms with E-state index in [9.17, 15) is 4.39 Å². The molecule has 0 bridgehead atoms. The first-order valence-electron chi connectivity index (χ1n) is 6.25. The lowest BCUT2D eigenvalue weighted by Crippen LogP contribution is -2.39. The van der Waals surface area contributed by atoms with E-state index in [0.29, 0.717) is 6.04 Å². The van der Waals surface area contributed by atoms with E-state index in [0.717, 1.165) is 18.9 Å². The van der Waals surface area contributed by atoms with Crippen molar-refractivity contribution in [1.29, 1.82) is 0 Å². The van der Waals surface area contributed by atoms with Crippen LogP contribution in [0.3, 0.4) is 0 Å².